The zero-order valence-corrected chi connectivity index (χ0v) is 8.12. The van der Waals surface area contributed by atoms with Crippen LogP contribution < -0.4 is 5.73 Å². The van der Waals surface area contributed by atoms with E-state index in [1.165, 1.54) is 0 Å². The van der Waals surface area contributed by atoms with Crippen LogP contribution in [0.15, 0.2) is 0 Å². The maximum atomic E-state index is 11.7. The summed E-state index contributed by atoms with van der Waals surface area (Å²) in [5, 5.41) is 8.64. The second kappa shape index (κ2) is 4.07. The van der Waals surface area contributed by atoms with E-state index in [0.717, 1.165) is 12.8 Å². The van der Waals surface area contributed by atoms with Crippen LogP contribution in [-0.2, 0) is 4.79 Å². The van der Waals surface area contributed by atoms with E-state index in [9.17, 15) is 4.79 Å². The van der Waals surface area contributed by atoms with Crippen molar-refractivity contribution >= 4 is 5.91 Å². The fourth-order valence-electron chi connectivity index (χ4n) is 1.33. The number of aliphatic hydroxyl groups is 1. The molecule has 1 rings (SSSR count). The largest absolute Gasteiger partial charge is 0.396 e. The number of likely N-dealkylation sites (N-methyl/N-ethyl adjacent to an activating group) is 1. The van der Waals surface area contributed by atoms with Crippen LogP contribution in [0.3, 0.4) is 0 Å². The van der Waals surface area contributed by atoms with Crippen molar-refractivity contribution in [3.63, 3.8) is 0 Å². The summed E-state index contributed by atoms with van der Waals surface area (Å²) in [7, 11) is 0. The Labute approximate surface area is 78.7 Å². The second-order valence-electron chi connectivity index (χ2n) is 3.62. The minimum atomic E-state index is -0.564. The highest BCUT2D eigenvalue weighted by Gasteiger charge is 2.47. The normalized spacial score (nSPS) is 18.4. The number of carbonyl (C=O) groups excluding carboxylic acids is 1. The first-order valence-corrected chi connectivity index (χ1v) is 4.83. The van der Waals surface area contributed by atoms with Gasteiger partial charge in [0.25, 0.3) is 0 Å². The zero-order valence-electron chi connectivity index (χ0n) is 8.12. The zero-order chi connectivity index (χ0) is 9.90. The van der Waals surface area contributed by atoms with Crippen LogP contribution in [-0.4, -0.2) is 41.1 Å². The molecule has 0 aliphatic heterocycles. The number of nitrogens with zero attached hydrogens (tertiary/aromatic N) is 1. The molecule has 0 heterocycles. The third-order valence-electron chi connectivity index (χ3n) is 2.47. The van der Waals surface area contributed by atoms with E-state index in [2.05, 4.69) is 0 Å². The second-order valence-corrected chi connectivity index (χ2v) is 3.62. The van der Waals surface area contributed by atoms with Gasteiger partial charge in [-0.15, -0.1) is 0 Å². The van der Waals surface area contributed by atoms with Crippen LogP contribution in [0.4, 0.5) is 0 Å². The molecule has 1 aliphatic rings. The predicted molar refractivity (Wildman–Crippen MR) is 50.1 cm³/mol. The van der Waals surface area contributed by atoms with Crippen LogP contribution in [0.5, 0.6) is 0 Å². The lowest BCUT2D eigenvalue weighted by atomic mass is 10.2. The highest BCUT2D eigenvalue weighted by Crippen LogP contribution is 2.34. The third kappa shape index (κ3) is 2.42. The van der Waals surface area contributed by atoms with Crippen LogP contribution in [0.25, 0.3) is 0 Å². The number of rotatable bonds is 5. The molecule has 0 spiro atoms. The molecule has 1 fully saturated rings. The van der Waals surface area contributed by atoms with E-state index in [-0.39, 0.29) is 12.5 Å². The summed E-state index contributed by atoms with van der Waals surface area (Å²) in [6.07, 6.45) is 2.25. The van der Waals surface area contributed by atoms with Gasteiger partial charge in [-0.05, 0) is 26.2 Å². The average molecular weight is 186 g/mol. The molecule has 13 heavy (non-hydrogen) atoms. The van der Waals surface area contributed by atoms with Gasteiger partial charge in [0, 0.05) is 19.7 Å². The summed E-state index contributed by atoms with van der Waals surface area (Å²) in [4.78, 5) is 13.4. The molecule has 3 N–H and O–H groups in total. The van der Waals surface area contributed by atoms with Crippen molar-refractivity contribution in [2.45, 2.75) is 31.7 Å². The topological polar surface area (TPSA) is 66.6 Å². The first-order valence-electron chi connectivity index (χ1n) is 4.83. The highest BCUT2D eigenvalue weighted by atomic mass is 16.3. The highest BCUT2D eigenvalue weighted by molar-refractivity contribution is 5.89. The Morgan fingerprint density at radius 2 is 2.23 bits per heavy atom. The molecule has 0 aromatic heterocycles. The Morgan fingerprint density at radius 3 is 2.62 bits per heavy atom. The molecule has 1 saturated carbocycles. The average Bonchev–Trinajstić information content (AvgIpc) is 2.86. The number of hydrogen-bond donors (Lipinski definition) is 2. The van der Waals surface area contributed by atoms with Crippen molar-refractivity contribution in [3.8, 4) is 0 Å². The van der Waals surface area contributed by atoms with Crippen LogP contribution >= 0.6 is 0 Å². The molecule has 0 radical (unpaired) electrons. The van der Waals surface area contributed by atoms with Gasteiger partial charge in [0.2, 0.25) is 5.91 Å². The predicted octanol–water partition coefficient (Wildman–Crippen LogP) is -0.291. The molecular formula is C9H18N2O2. The summed E-state index contributed by atoms with van der Waals surface area (Å²) in [6, 6.07) is 0. The Morgan fingerprint density at radius 1 is 1.62 bits per heavy atom. The lowest BCUT2D eigenvalue weighted by Crippen LogP contribution is -2.46. The van der Waals surface area contributed by atoms with Crippen LogP contribution in [0, 0.1) is 0 Å². The fraction of sp³-hybridized carbons (Fsp3) is 0.889. The minimum Gasteiger partial charge on any atom is -0.396 e. The molecule has 0 saturated heterocycles. The molecule has 0 bridgehead atoms. The molecule has 1 amide bonds. The molecule has 4 heteroatoms. The van der Waals surface area contributed by atoms with Gasteiger partial charge >= 0.3 is 0 Å². The maximum absolute atomic E-state index is 11.7. The molecule has 0 unspecified atom stereocenters. The van der Waals surface area contributed by atoms with Crippen molar-refractivity contribution < 1.29 is 9.90 Å². The van der Waals surface area contributed by atoms with Gasteiger partial charge in [0.05, 0.1) is 5.54 Å². The smallest absolute Gasteiger partial charge is 0.242 e. The van der Waals surface area contributed by atoms with Gasteiger partial charge in [-0.25, -0.2) is 0 Å². The third-order valence-corrected chi connectivity index (χ3v) is 2.47. The van der Waals surface area contributed by atoms with E-state index in [1.807, 2.05) is 6.92 Å². The lowest BCUT2D eigenvalue weighted by Gasteiger charge is -2.23. The first kappa shape index (κ1) is 10.5. The SMILES string of the molecule is CCN(CCCO)C(=O)C1(N)CC1. The van der Waals surface area contributed by atoms with Gasteiger partial charge in [-0.2, -0.15) is 0 Å². The number of hydrogen-bond acceptors (Lipinski definition) is 3. The minimum absolute atomic E-state index is 0.0449. The Balaban J connectivity index is 2.41. The lowest BCUT2D eigenvalue weighted by molar-refractivity contribution is -0.133. The first-order chi connectivity index (χ1) is 6.14. The summed E-state index contributed by atoms with van der Waals surface area (Å²) in [6.45, 7) is 3.35. The molecule has 0 aromatic carbocycles. The number of nitrogens with two attached hydrogens (primary N) is 1. The van der Waals surface area contributed by atoms with Gasteiger partial charge in [-0.1, -0.05) is 0 Å². The van der Waals surface area contributed by atoms with Crippen LogP contribution in [0.1, 0.15) is 26.2 Å². The van der Waals surface area contributed by atoms with E-state index in [0.29, 0.717) is 19.5 Å². The molecule has 76 valence electrons. The van der Waals surface area contributed by atoms with Gasteiger partial charge in [-0.3, -0.25) is 4.79 Å². The van der Waals surface area contributed by atoms with Gasteiger partial charge < -0.3 is 15.7 Å². The summed E-state index contributed by atoms with van der Waals surface area (Å²) in [5.74, 6) is 0.0449. The fourth-order valence-corrected chi connectivity index (χ4v) is 1.33. The van der Waals surface area contributed by atoms with Crippen molar-refractivity contribution in [1.29, 1.82) is 0 Å². The molecule has 0 atom stereocenters. The molecular weight excluding hydrogens is 168 g/mol. The number of aliphatic hydroxyl groups excluding tert-OH is 1. The summed E-state index contributed by atoms with van der Waals surface area (Å²) >= 11 is 0. The van der Waals surface area contributed by atoms with Crippen molar-refractivity contribution in [2.75, 3.05) is 19.7 Å². The molecule has 0 aromatic rings. The van der Waals surface area contributed by atoms with E-state index >= 15 is 0 Å². The monoisotopic (exact) mass is 186 g/mol. The van der Waals surface area contributed by atoms with Crippen LogP contribution in [0.2, 0.25) is 0 Å². The van der Waals surface area contributed by atoms with Crippen molar-refractivity contribution in [3.05, 3.63) is 0 Å². The van der Waals surface area contributed by atoms with E-state index in [4.69, 9.17) is 10.8 Å². The van der Waals surface area contributed by atoms with Crippen molar-refractivity contribution in [1.82, 2.24) is 4.90 Å². The number of amides is 1. The van der Waals surface area contributed by atoms with E-state index < -0.39 is 5.54 Å². The van der Waals surface area contributed by atoms with Crippen molar-refractivity contribution in [2.24, 2.45) is 5.73 Å². The molecule has 4 nitrogen and oxygen atoms in total. The maximum Gasteiger partial charge on any atom is 0.242 e. The number of carbonyl (C=O) groups is 1. The Kier molecular flexibility index (Phi) is 3.27. The quantitative estimate of drug-likeness (QED) is 0.620. The molecule has 1 aliphatic carbocycles. The Hall–Kier alpha value is -0.610. The standard InChI is InChI=1S/C9H18N2O2/c1-2-11(6-3-7-12)8(13)9(10)4-5-9/h12H,2-7,10H2,1H3. The summed E-state index contributed by atoms with van der Waals surface area (Å²) < 4.78 is 0. The Bertz CT molecular complexity index is 190. The van der Waals surface area contributed by atoms with E-state index in [1.54, 1.807) is 4.90 Å². The van der Waals surface area contributed by atoms with Gasteiger partial charge in [0.1, 0.15) is 0 Å². The van der Waals surface area contributed by atoms with Gasteiger partial charge in [0.15, 0.2) is 0 Å². The summed E-state index contributed by atoms with van der Waals surface area (Å²) in [5.41, 5.74) is 5.22.